The lowest BCUT2D eigenvalue weighted by Crippen LogP contribution is -2.39. The van der Waals surface area contributed by atoms with Crippen molar-refractivity contribution in [1.82, 2.24) is 9.47 Å². The third kappa shape index (κ3) is 3.16. The SMILES string of the molecule is CC(C)N(CCC(=O)O)C(=O)c1cccn1C1CC1. The predicted octanol–water partition coefficient (Wildman–Crippen LogP) is 2.15. The Labute approximate surface area is 112 Å². The number of carboxylic acids is 1. The van der Waals surface area contributed by atoms with E-state index < -0.39 is 5.97 Å². The van der Waals surface area contributed by atoms with E-state index in [-0.39, 0.29) is 24.9 Å². The van der Waals surface area contributed by atoms with Gasteiger partial charge in [0.15, 0.2) is 0 Å². The number of carboxylic acid groups (broad SMARTS) is 1. The summed E-state index contributed by atoms with van der Waals surface area (Å²) >= 11 is 0. The number of carbonyl (C=O) groups is 2. The van der Waals surface area contributed by atoms with Crippen LogP contribution in [0.25, 0.3) is 0 Å². The molecule has 1 fully saturated rings. The fraction of sp³-hybridized carbons (Fsp3) is 0.571. The molecule has 0 atom stereocenters. The van der Waals surface area contributed by atoms with Crippen LogP contribution in [-0.2, 0) is 4.79 Å². The average molecular weight is 264 g/mol. The molecule has 5 heteroatoms. The van der Waals surface area contributed by atoms with Crippen LogP contribution in [-0.4, -0.2) is 39.0 Å². The van der Waals surface area contributed by atoms with Crippen molar-refractivity contribution >= 4 is 11.9 Å². The molecule has 1 aromatic heterocycles. The van der Waals surface area contributed by atoms with Crippen molar-refractivity contribution in [3.05, 3.63) is 24.0 Å². The summed E-state index contributed by atoms with van der Waals surface area (Å²) in [5.41, 5.74) is 0.668. The Hall–Kier alpha value is -1.78. The van der Waals surface area contributed by atoms with Crippen LogP contribution in [0.15, 0.2) is 18.3 Å². The highest BCUT2D eigenvalue weighted by atomic mass is 16.4. The highest BCUT2D eigenvalue weighted by Crippen LogP contribution is 2.36. The molecule has 1 aliphatic rings. The second-order valence-corrected chi connectivity index (χ2v) is 5.27. The fourth-order valence-corrected chi connectivity index (χ4v) is 2.20. The first-order valence-electron chi connectivity index (χ1n) is 6.70. The third-order valence-electron chi connectivity index (χ3n) is 3.39. The van der Waals surface area contributed by atoms with Gasteiger partial charge in [-0.05, 0) is 38.8 Å². The molecular formula is C14H20N2O3. The molecule has 0 spiro atoms. The summed E-state index contributed by atoms with van der Waals surface area (Å²) < 4.78 is 2.01. The zero-order valence-corrected chi connectivity index (χ0v) is 11.4. The van der Waals surface area contributed by atoms with Crippen LogP contribution >= 0.6 is 0 Å². The van der Waals surface area contributed by atoms with Crippen molar-refractivity contribution < 1.29 is 14.7 Å². The molecule has 5 nitrogen and oxygen atoms in total. The Morgan fingerprint density at radius 1 is 1.47 bits per heavy atom. The van der Waals surface area contributed by atoms with Gasteiger partial charge in [-0.2, -0.15) is 0 Å². The normalized spacial score (nSPS) is 14.7. The van der Waals surface area contributed by atoms with Crippen LogP contribution in [0.1, 0.15) is 49.6 Å². The second-order valence-electron chi connectivity index (χ2n) is 5.27. The standard InChI is InChI=1S/C14H20N2O3/c1-10(2)15(9-7-13(17)18)14(19)12-4-3-8-16(12)11-5-6-11/h3-4,8,10-11H,5-7,9H2,1-2H3,(H,17,18). The maximum absolute atomic E-state index is 12.5. The van der Waals surface area contributed by atoms with Crippen LogP contribution in [0.3, 0.4) is 0 Å². The first-order chi connectivity index (χ1) is 9.00. The maximum Gasteiger partial charge on any atom is 0.305 e. The summed E-state index contributed by atoms with van der Waals surface area (Å²) in [6, 6.07) is 4.13. The van der Waals surface area contributed by atoms with E-state index >= 15 is 0 Å². The molecule has 1 aliphatic carbocycles. The molecular weight excluding hydrogens is 244 g/mol. The molecule has 1 amide bonds. The first kappa shape index (κ1) is 13.6. The highest BCUT2D eigenvalue weighted by Gasteiger charge is 2.29. The minimum Gasteiger partial charge on any atom is -0.481 e. The zero-order chi connectivity index (χ0) is 14.0. The molecule has 19 heavy (non-hydrogen) atoms. The van der Waals surface area contributed by atoms with E-state index in [1.807, 2.05) is 36.7 Å². The topological polar surface area (TPSA) is 62.5 Å². The lowest BCUT2D eigenvalue weighted by atomic mass is 10.2. The Morgan fingerprint density at radius 2 is 2.16 bits per heavy atom. The van der Waals surface area contributed by atoms with Crippen molar-refractivity contribution in [1.29, 1.82) is 0 Å². The number of hydrogen-bond acceptors (Lipinski definition) is 2. The van der Waals surface area contributed by atoms with Crippen molar-refractivity contribution in [2.45, 2.75) is 45.2 Å². The Bertz CT molecular complexity index is 475. The largest absolute Gasteiger partial charge is 0.481 e. The van der Waals surface area contributed by atoms with Gasteiger partial charge in [0.2, 0.25) is 0 Å². The lowest BCUT2D eigenvalue weighted by Gasteiger charge is -2.26. The van der Waals surface area contributed by atoms with E-state index in [1.54, 1.807) is 4.90 Å². The van der Waals surface area contributed by atoms with Crippen molar-refractivity contribution in [3.8, 4) is 0 Å². The molecule has 104 valence electrons. The highest BCUT2D eigenvalue weighted by molar-refractivity contribution is 5.93. The van der Waals surface area contributed by atoms with E-state index in [0.717, 1.165) is 12.8 Å². The molecule has 1 saturated carbocycles. The van der Waals surface area contributed by atoms with Crippen molar-refractivity contribution in [2.24, 2.45) is 0 Å². The van der Waals surface area contributed by atoms with E-state index in [0.29, 0.717) is 11.7 Å². The zero-order valence-electron chi connectivity index (χ0n) is 11.4. The second kappa shape index (κ2) is 5.47. The number of aliphatic carboxylic acids is 1. The molecule has 1 heterocycles. The van der Waals surface area contributed by atoms with Gasteiger partial charge in [0, 0.05) is 24.8 Å². The summed E-state index contributed by atoms with van der Waals surface area (Å²) in [6.45, 7) is 4.07. The Balaban J connectivity index is 2.13. The monoisotopic (exact) mass is 264 g/mol. The molecule has 0 bridgehead atoms. The molecule has 2 rings (SSSR count). The van der Waals surface area contributed by atoms with Gasteiger partial charge in [0.1, 0.15) is 5.69 Å². The summed E-state index contributed by atoms with van der Waals surface area (Å²) in [7, 11) is 0. The van der Waals surface area contributed by atoms with Crippen LogP contribution < -0.4 is 0 Å². The van der Waals surface area contributed by atoms with Crippen LogP contribution in [0.2, 0.25) is 0 Å². The summed E-state index contributed by atoms with van der Waals surface area (Å²) in [4.78, 5) is 24.8. The maximum atomic E-state index is 12.5. The number of aromatic nitrogens is 1. The van der Waals surface area contributed by atoms with Gasteiger partial charge in [-0.25, -0.2) is 0 Å². The minimum absolute atomic E-state index is 0.00518. The summed E-state index contributed by atoms with van der Waals surface area (Å²) in [5, 5.41) is 8.77. The molecule has 1 N–H and O–H groups in total. The fourth-order valence-electron chi connectivity index (χ4n) is 2.20. The molecule has 0 aromatic carbocycles. The Kier molecular flexibility index (Phi) is 3.93. The van der Waals surface area contributed by atoms with Gasteiger partial charge in [-0.3, -0.25) is 9.59 Å². The molecule has 0 saturated heterocycles. The lowest BCUT2D eigenvalue weighted by molar-refractivity contribution is -0.137. The van der Waals surface area contributed by atoms with Gasteiger partial charge in [-0.1, -0.05) is 0 Å². The molecule has 0 radical (unpaired) electrons. The number of nitrogens with zero attached hydrogens (tertiary/aromatic N) is 2. The minimum atomic E-state index is -0.879. The molecule has 1 aromatic rings. The molecule has 0 aliphatic heterocycles. The van der Waals surface area contributed by atoms with Crippen LogP contribution in [0.4, 0.5) is 0 Å². The summed E-state index contributed by atoms with van der Waals surface area (Å²) in [5.74, 6) is -0.954. The van der Waals surface area contributed by atoms with E-state index in [1.165, 1.54) is 0 Å². The van der Waals surface area contributed by atoms with E-state index in [4.69, 9.17) is 5.11 Å². The predicted molar refractivity (Wildman–Crippen MR) is 71.1 cm³/mol. The molecule has 0 unspecified atom stereocenters. The van der Waals surface area contributed by atoms with Gasteiger partial charge >= 0.3 is 5.97 Å². The Morgan fingerprint density at radius 3 is 2.68 bits per heavy atom. The van der Waals surface area contributed by atoms with Gasteiger partial charge < -0.3 is 14.6 Å². The van der Waals surface area contributed by atoms with Crippen molar-refractivity contribution in [2.75, 3.05) is 6.54 Å². The van der Waals surface area contributed by atoms with E-state index in [2.05, 4.69) is 0 Å². The number of carbonyl (C=O) groups excluding carboxylic acids is 1. The van der Waals surface area contributed by atoms with Gasteiger partial charge in [-0.15, -0.1) is 0 Å². The number of amides is 1. The van der Waals surface area contributed by atoms with Crippen LogP contribution in [0.5, 0.6) is 0 Å². The van der Waals surface area contributed by atoms with Crippen molar-refractivity contribution in [3.63, 3.8) is 0 Å². The van der Waals surface area contributed by atoms with E-state index in [9.17, 15) is 9.59 Å². The van der Waals surface area contributed by atoms with Crippen LogP contribution in [0, 0.1) is 0 Å². The third-order valence-corrected chi connectivity index (χ3v) is 3.39. The quantitative estimate of drug-likeness (QED) is 0.856. The number of rotatable bonds is 6. The summed E-state index contributed by atoms with van der Waals surface area (Å²) in [6.07, 6.45) is 4.15. The van der Waals surface area contributed by atoms with Gasteiger partial charge in [0.25, 0.3) is 5.91 Å². The first-order valence-corrected chi connectivity index (χ1v) is 6.70. The number of hydrogen-bond donors (Lipinski definition) is 1. The average Bonchev–Trinajstić information content (AvgIpc) is 3.06. The van der Waals surface area contributed by atoms with Gasteiger partial charge in [0.05, 0.1) is 6.42 Å². The smallest absolute Gasteiger partial charge is 0.305 e.